The number of carbonyl (C=O) groups excluding carboxylic acids is 2. The van der Waals surface area contributed by atoms with Crippen molar-refractivity contribution in [2.45, 2.75) is 208 Å². The molecule has 0 aromatic heterocycles. The first kappa shape index (κ1) is 42.5. The highest BCUT2D eigenvalue weighted by Gasteiger charge is 2.29. The van der Waals surface area contributed by atoms with Crippen LogP contribution in [0.4, 0.5) is 0 Å². The first-order valence-electron chi connectivity index (χ1n) is 18.6. The number of rotatable bonds is 31. The summed E-state index contributed by atoms with van der Waals surface area (Å²) in [5.74, 6) is 0.898. The summed E-state index contributed by atoms with van der Waals surface area (Å²) in [5, 5.41) is 10.8. The molecule has 256 valence electrons. The minimum atomic E-state index is -0.430. The van der Waals surface area contributed by atoms with Crippen molar-refractivity contribution in [3.63, 3.8) is 0 Å². The molecule has 1 unspecified atom stereocenters. The molecule has 4 nitrogen and oxygen atoms in total. The van der Waals surface area contributed by atoms with Crippen molar-refractivity contribution in [3.05, 3.63) is 0 Å². The number of aliphatic hydroxyl groups is 1. The summed E-state index contributed by atoms with van der Waals surface area (Å²) >= 11 is 1.54. The van der Waals surface area contributed by atoms with Crippen molar-refractivity contribution in [2.24, 2.45) is 10.8 Å². The Morgan fingerprint density at radius 2 is 1.00 bits per heavy atom. The summed E-state index contributed by atoms with van der Waals surface area (Å²) in [5.41, 5.74) is -0.682. The molecule has 5 heteroatoms. The molecule has 0 aliphatic carbocycles. The van der Waals surface area contributed by atoms with E-state index in [2.05, 4.69) is 27.7 Å². The fourth-order valence-corrected chi connectivity index (χ4v) is 6.64. The quantitative estimate of drug-likeness (QED) is 0.0612. The molecule has 0 aromatic carbocycles. The maximum Gasteiger partial charge on any atom is 0.311 e. The molecule has 0 bridgehead atoms. The fourth-order valence-electron chi connectivity index (χ4n) is 5.61. The number of aliphatic hydroxyl groups excluding tert-OH is 1. The van der Waals surface area contributed by atoms with Gasteiger partial charge >= 0.3 is 5.97 Å². The Balaban J connectivity index is 3.79. The Bertz CT molecular complexity index is 660. The van der Waals surface area contributed by atoms with Crippen LogP contribution in [0.3, 0.4) is 0 Å². The van der Waals surface area contributed by atoms with Crippen molar-refractivity contribution >= 4 is 22.8 Å². The van der Waals surface area contributed by atoms with Gasteiger partial charge in [-0.3, -0.25) is 9.59 Å². The van der Waals surface area contributed by atoms with Crippen LogP contribution in [-0.4, -0.2) is 34.7 Å². The highest BCUT2D eigenvalue weighted by molar-refractivity contribution is 8.13. The maximum atomic E-state index is 12.7. The lowest BCUT2D eigenvalue weighted by Crippen LogP contribution is -2.27. The topological polar surface area (TPSA) is 63.6 Å². The average Bonchev–Trinajstić information content (AvgIpc) is 2.96. The van der Waals surface area contributed by atoms with Crippen molar-refractivity contribution in [1.82, 2.24) is 0 Å². The zero-order valence-electron chi connectivity index (χ0n) is 29.7. The summed E-state index contributed by atoms with van der Waals surface area (Å²) in [6.45, 7) is 13.2. The summed E-state index contributed by atoms with van der Waals surface area (Å²) in [6.07, 6.45) is 28.4. The van der Waals surface area contributed by atoms with Gasteiger partial charge in [0.05, 0.1) is 18.1 Å². The van der Waals surface area contributed by atoms with Gasteiger partial charge in [-0.2, -0.15) is 0 Å². The number of hydrogen-bond acceptors (Lipinski definition) is 5. The SMILES string of the molecule is CCCCCCCCCCSC(=O)C(C)(C)CCCCCC(O)CCCCCC(C)(C)C(=O)OCCCCCCCCC. The first-order valence-corrected chi connectivity index (χ1v) is 19.6. The van der Waals surface area contributed by atoms with Crippen molar-refractivity contribution < 1.29 is 19.4 Å². The van der Waals surface area contributed by atoms with Gasteiger partial charge in [-0.1, -0.05) is 161 Å². The number of hydrogen-bond donors (Lipinski definition) is 1. The Morgan fingerprint density at radius 3 is 1.51 bits per heavy atom. The van der Waals surface area contributed by atoms with Crippen LogP contribution in [0.5, 0.6) is 0 Å². The van der Waals surface area contributed by atoms with Gasteiger partial charge in [0, 0.05) is 11.2 Å². The molecular weight excluding hydrogens is 552 g/mol. The molecule has 0 aromatic rings. The van der Waals surface area contributed by atoms with Gasteiger partial charge in [0.25, 0.3) is 0 Å². The third-order valence-corrected chi connectivity index (χ3v) is 10.3. The van der Waals surface area contributed by atoms with Crippen LogP contribution in [-0.2, 0) is 14.3 Å². The molecule has 0 radical (unpaired) electrons. The van der Waals surface area contributed by atoms with Crippen LogP contribution >= 0.6 is 11.8 Å². The summed E-state index contributed by atoms with van der Waals surface area (Å²) < 4.78 is 5.57. The Labute approximate surface area is 273 Å². The number of esters is 1. The molecule has 0 spiro atoms. The van der Waals surface area contributed by atoms with Crippen LogP contribution in [0, 0.1) is 10.8 Å². The third kappa shape index (κ3) is 25.3. The van der Waals surface area contributed by atoms with E-state index in [1.54, 1.807) is 11.8 Å². The van der Waals surface area contributed by atoms with Gasteiger partial charge in [-0.05, 0) is 52.4 Å². The normalized spacial score (nSPS) is 12.9. The number of carbonyl (C=O) groups is 2. The van der Waals surface area contributed by atoms with E-state index in [1.165, 1.54) is 77.0 Å². The summed E-state index contributed by atoms with van der Waals surface area (Å²) in [4.78, 5) is 25.2. The number of thioether (sulfide) groups is 1. The molecule has 0 fully saturated rings. The third-order valence-electron chi connectivity index (χ3n) is 9.00. The standard InChI is InChI=1S/C38H74O4S/c1-7-9-11-13-15-17-19-27-33-43-36(41)38(5,6)31-25-21-23-29-34(39)28-22-20-24-30-37(3,4)35(40)42-32-26-18-16-14-12-10-8-2/h34,39H,7-33H2,1-6H3. The number of ether oxygens (including phenoxy) is 1. The lowest BCUT2D eigenvalue weighted by Gasteiger charge is -2.23. The monoisotopic (exact) mass is 627 g/mol. The average molecular weight is 627 g/mol. The second-order valence-electron chi connectivity index (χ2n) is 14.5. The van der Waals surface area contributed by atoms with Gasteiger partial charge in [-0.15, -0.1) is 0 Å². The first-order chi connectivity index (χ1) is 20.6. The Morgan fingerprint density at radius 1 is 0.581 bits per heavy atom. The summed E-state index contributed by atoms with van der Waals surface area (Å²) in [7, 11) is 0. The van der Waals surface area contributed by atoms with Crippen LogP contribution in [0.15, 0.2) is 0 Å². The molecular formula is C38H74O4S. The zero-order chi connectivity index (χ0) is 32.2. The smallest absolute Gasteiger partial charge is 0.311 e. The molecule has 0 saturated heterocycles. The fraction of sp³-hybridized carbons (Fsp3) is 0.947. The van der Waals surface area contributed by atoms with E-state index < -0.39 is 5.41 Å². The van der Waals surface area contributed by atoms with E-state index in [0.717, 1.165) is 89.2 Å². The Kier molecular flexibility index (Phi) is 27.4. The van der Waals surface area contributed by atoms with Gasteiger partial charge in [0.15, 0.2) is 5.12 Å². The highest BCUT2D eigenvalue weighted by Crippen LogP contribution is 2.31. The van der Waals surface area contributed by atoms with Gasteiger partial charge in [0.2, 0.25) is 0 Å². The Hall–Kier alpha value is -0.550. The zero-order valence-corrected chi connectivity index (χ0v) is 30.6. The van der Waals surface area contributed by atoms with E-state index in [9.17, 15) is 14.7 Å². The van der Waals surface area contributed by atoms with Gasteiger partial charge < -0.3 is 9.84 Å². The lowest BCUT2D eigenvalue weighted by molar-refractivity contribution is -0.154. The van der Waals surface area contributed by atoms with Crippen LogP contribution in [0.1, 0.15) is 202 Å². The van der Waals surface area contributed by atoms with Crippen molar-refractivity contribution in [3.8, 4) is 0 Å². The molecule has 0 saturated carbocycles. The molecule has 0 heterocycles. The minimum absolute atomic E-state index is 0.0644. The lowest BCUT2D eigenvalue weighted by atomic mass is 9.86. The largest absolute Gasteiger partial charge is 0.465 e. The van der Waals surface area contributed by atoms with E-state index in [0.29, 0.717) is 11.7 Å². The van der Waals surface area contributed by atoms with Crippen LogP contribution in [0.2, 0.25) is 0 Å². The highest BCUT2D eigenvalue weighted by atomic mass is 32.2. The van der Waals surface area contributed by atoms with E-state index in [-0.39, 0.29) is 17.5 Å². The molecule has 0 amide bonds. The van der Waals surface area contributed by atoms with Crippen LogP contribution < -0.4 is 0 Å². The molecule has 0 aliphatic heterocycles. The molecule has 1 N–H and O–H groups in total. The number of unbranched alkanes of at least 4 members (excludes halogenated alkanes) is 17. The predicted octanol–water partition coefficient (Wildman–Crippen LogP) is 12.0. The second-order valence-corrected chi connectivity index (χ2v) is 15.6. The summed E-state index contributed by atoms with van der Waals surface area (Å²) in [6, 6.07) is 0. The molecule has 0 rings (SSSR count). The van der Waals surface area contributed by atoms with E-state index in [1.807, 2.05) is 13.8 Å². The van der Waals surface area contributed by atoms with Gasteiger partial charge in [0.1, 0.15) is 0 Å². The minimum Gasteiger partial charge on any atom is -0.465 e. The molecule has 43 heavy (non-hydrogen) atoms. The predicted molar refractivity (Wildman–Crippen MR) is 189 cm³/mol. The molecule has 1 atom stereocenters. The van der Waals surface area contributed by atoms with Crippen molar-refractivity contribution in [1.29, 1.82) is 0 Å². The second kappa shape index (κ2) is 27.7. The maximum absolute atomic E-state index is 12.7. The van der Waals surface area contributed by atoms with Crippen molar-refractivity contribution in [2.75, 3.05) is 12.4 Å². The van der Waals surface area contributed by atoms with Gasteiger partial charge in [-0.25, -0.2) is 0 Å². The van der Waals surface area contributed by atoms with E-state index in [4.69, 9.17) is 4.74 Å². The van der Waals surface area contributed by atoms with Crippen LogP contribution in [0.25, 0.3) is 0 Å². The van der Waals surface area contributed by atoms with E-state index >= 15 is 0 Å². The molecule has 0 aliphatic rings.